The minimum absolute atomic E-state index is 0.0333. The van der Waals surface area contributed by atoms with Gasteiger partial charge in [0.05, 0.1) is 35.6 Å². The summed E-state index contributed by atoms with van der Waals surface area (Å²) in [6, 6.07) is 3.65. The molecule has 0 saturated heterocycles. The number of halogens is 3. The number of hydrazone groups is 1. The van der Waals surface area contributed by atoms with Gasteiger partial charge >= 0.3 is 12.1 Å². The second-order valence-electron chi connectivity index (χ2n) is 5.95. The second-order valence-corrected chi connectivity index (χ2v) is 6.90. The number of nitrogens with zero attached hydrogens (tertiary/aromatic N) is 2. The SMILES string of the molecule is CCOC(=O)C1=CC(c2cccs2)=NN(CC2(C(F)(F)F)CC2)C1. The number of allylic oxidation sites excluding steroid dienone is 1. The van der Waals surface area contributed by atoms with Crippen LogP contribution >= 0.6 is 11.3 Å². The molecular formula is C16H17F3N2O2S. The van der Waals surface area contributed by atoms with Crippen molar-refractivity contribution in [2.24, 2.45) is 10.5 Å². The van der Waals surface area contributed by atoms with Gasteiger partial charge < -0.3 is 4.74 Å². The number of carbonyl (C=O) groups excluding carboxylic acids is 1. The Morgan fingerprint density at radius 1 is 1.46 bits per heavy atom. The smallest absolute Gasteiger partial charge is 0.396 e. The van der Waals surface area contributed by atoms with Crippen LogP contribution in [-0.4, -0.2) is 42.6 Å². The minimum Gasteiger partial charge on any atom is -0.463 e. The molecule has 8 heteroatoms. The summed E-state index contributed by atoms with van der Waals surface area (Å²) in [5.41, 5.74) is -0.876. The highest BCUT2D eigenvalue weighted by Gasteiger charge is 2.63. The van der Waals surface area contributed by atoms with E-state index in [9.17, 15) is 18.0 Å². The number of alkyl halides is 3. The Kier molecular flexibility index (Phi) is 4.42. The molecule has 0 amide bonds. The molecule has 2 aliphatic rings. The molecule has 1 fully saturated rings. The van der Waals surface area contributed by atoms with Crippen LogP contribution in [-0.2, 0) is 9.53 Å². The number of rotatable bonds is 5. The zero-order valence-electron chi connectivity index (χ0n) is 13.1. The summed E-state index contributed by atoms with van der Waals surface area (Å²) in [4.78, 5) is 12.8. The van der Waals surface area contributed by atoms with Crippen LogP contribution in [0.1, 0.15) is 24.6 Å². The third-order valence-electron chi connectivity index (χ3n) is 4.16. The van der Waals surface area contributed by atoms with Gasteiger partial charge in [0.25, 0.3) is 0 Å². The van der Waals surface area contributed by atoms with E-state index in [1.807, 2.05) is 17.5 Å². The van der Waals surface area contributed by atoms with Crippen LogP contribution < -0.4 is 0 Å². The van der Waals surface area contributed by atoms with E-state index in [2.05, 4.69) is 5.10 Å². The average Bonchev–Trinajstić information content (AvgIpc) is 3.11. The van der Waals surface area contributed by atoms with Gasteiger partial charge in [-0.15, -0.1) is 11.3 Å². The summed E-state index contributed by atoms with van der Waals surface area (Å²) >= 11 is 1.42. The molecular weight excluding hydrogens is 341 g/mol. The van der Waals surface area contributed by atoms with Gasteiger partial charge in [-0.05, 0) is 37.3 Å². The van der Waals surface area contributed by atoms with Crippen molar-refractivity contribution in [3.05, 3.63) is 34.0 Å². The van der Waals surface area contributed by atoms with Crippen molar-refractivity contribution in [2.45, 2.75) is 25.9 Å². The van der Waals surface area contributed by atoms with E-state index in [-0.39, 0.29) is 32.5 Å². The van der Waals surface area contributed by atoms with E-state index in [4.69, 9.17) is 4.74 Å². The first kappa shape index (κ1) is 17.0. The third kappa shape index (κ3) is 3.33. The first-order chi connectivity index (χ1) is 11.3. The Bertz CT molecular complexity index is 676. The van der Waals surface area contributed by atoms with E-state index in [0.717, 1.165) is 4.88 Å². The molecule has 0 N–H and O–H groups in total. The first-order valence-corrected chi connectivity index (χ1v) is 8.54. The Hall–Kier alpha value is -1.83. The maximum Gasteiger partial charge on any atom is 0.396 e. The molecule has 1 aromatic rings. The second kappa shape index (κ2) is 6.23. The highest BCUT2D eigenvalue weighted by molar-refractivity contribution is 7.12. The van der Waals surface area contributed by atoms with Crippen molar-refractivity contribution < 1.29 is 22.7 Å². The monoisotopic (exact) mass is 358 g/mol. The number of hydrogen-bond acceptors (Lipinski definition) is 5. The molecule has 1 aliphatic heterocycles. The van der Waals surface area contributed by atoms with Crippen molar-refractivity contribution >= 4 is 23.0 Å². The van der Waals surface area contributed by atoms with Crippen molar-refractivity contribution in [3.63, 3.8) is 0 Å². The first-order valence-electron chi connectivity index (χ1n) is 7.66. The molecule has 0 aromatic carbocycles. The quantitative estimate of drug-likeness (QED) is 0.756. The number of carbonyl (C=O) groups is 1. The largest absolute Gasteiger partial charge is 0.463 e. The van der Waals surface area contributed by atoms with Crippen LogP contribution in [0.25, 0.3) is 0 Å². The molecule has 1 saturated carbocycles. The van der Waals surface area contributed by atoms with Crippen LogP contribution in [0.2, 0.25) is 0 Å². The molecule has 0 bridgehead atoms. The molecule has 1 aromatic heterocycles. The Labute approximate surface area is 141 Å². The molecule has 0 radical (unpaired) electrons. The number of hydrogen-bond donors (Lipinski definition) is 0. The van der Waals surface area contributed by atoms with Gasteiger partial charge in [0.15, 0.2) is 0 Å². The number of thiophene rings is 1. The molecule has 4 nitrogen and oxygen atoms in total. The maximum absolute atomic E-state index is 13.2. The number of esters is 1. The highest BCUT2D eigenvalue weighted by atomic mass is 32.1. The van der Waals surface area contributed by atoms with Crippen molar-refractivity contribution in [3.8, 4) is 0 Å². The van der Waals surface area contributed by atoms with Gasteiger partial charge in [0.2, 0.25) is 0 Å². The zero-order chi connectivity index (χ0) is 17.4. The fourth-order valence-corrected chi connectivity index (χ4v) is 3.32. The lowest BCUT2D eigenvalue weighted by molar-refractivity contribution is -0.191. The van der Waals surface area contributed by atoms with E-state index < -0.39 is 17.6 Å². The van der Waals surface area contributed by atoms with E-state index in [0.29, 0.717) is 11.3 Å². The van der Waals surface area contributed by atoms with E-state index in [1.165, 1.54) is 16.3 Å². The number of ether oxygens (including phenoxy) is 1. The average molecular weight is 358 g/mol. The van der Waals surface area contributed by atoms with Gasteiger partial charge in [-0.3, -0.25) is 5.01 Å². The Morgan fingerprint density at radius 2 is 2.21 bits per heavy atom. The molecule has 3 rings (SSSR count). The van der Waals surface area contributed by atoms with Crippen molar-refractivity contribution in [1.29, 1.82) is 0 Å². The van der Waals surface area contributed by atoms with E-state index in [1.54, 1.807) is 13.0 Å². The fraction of sp³-hybridized carbons (Fsp3) is 0.500. The van der Waals surface area contributed by atoms with Crippen molar-refractivity contribution in [1.82, 2.24) is 5.01 Å². The molecule has 130 valence electrons. The summed E-state index contributed by atoms with van der Waals surface area (Å²) in [6.45, 7) is 1.71. The van der Waals surface area contributed by atoms with Gasteiger partial charge in [-0.1, -0.05) is 6.07 Å². The minimum atomic E-state index is -4.25. The van der Waals surface area contributed by atoms with Crippen molar-refractivity contribution in [2.75, 3.05) is 19.7 Å². The van der Waals surface area contributed by atoms with Gasteiger partial charge in [0, 0.05) is 0 Å². The molecule has 1 aliphatic carbocycles. The van der Waals surface area contributed by atoms with Gasteiger partial charge in [0.1, 0.15) is 5.71 Å². The topological polar surface area (TPSA) is 41.9 Å². The van der Waals surface area contributed by atoms with Crippen LogP contribution in [0, 0.1) is 5.41 Å². The molecule has 0 unspecified atom stereocenters. The summed E-state index contributed by atoms with van der Waals surface area (Å²) in [7, 11) is 0. The summed E-state index contributed by atoms with van der Waals surface area (Å²) in [6.07, 6.45) is -2.44. The Morgan fingerprint density at radius 3 is 2.75 bits per heavy atom. The van der Waals surface area contributed by atoms with Crippen LogP contribution in [0.15, 0.2) is 34.3 Å². The summed E-state index contributed by atoms with van der Waals surface area (Å²) < 4.78 is 44.7. The maximum atomic E-state index is 13.2. The van der Waals surface area contributed by atoms with Crippen LogP contribution in [0.3, 0.4) is 0 Å². The summed E-state index contributed by atoms with van der Waals surface area (Å²) in [5.74, 6) is -0.511. The molecule has 24 heavy (non-hydrogen) atoms. The molecule has 0 spiro atoms. The van der Waals surface area contributed by atoms with E-state index >= 15 is 0 Å². The normalized spacial score (nSPS) is 19.6. The zero-order valence-corrected chi connectivity index (χ0v) is 13.9. The lowest BCUT2D eigenvalue weighted by Crippen LogP contribution is -2.39. The molecule has 2 heterocycles. The third-order valence-corrected chi connectivity index (χ3v) is 5.06. The lowest BCUT2D eigenvalue weighted by Gasteiger charge is -2.29. The van der Waals surface area contributed by atoms with Gasteiger partial charge in [-0.2, -0.15) is 18.3 Å². The predicted octanol–water partition coefficient (Wildman–Crippen LogP) is 3.60. The Balaban J connectivity index is 1.85. The predicted molar refractivity (Wildman–Crippen MR) is 84.9 cm³/mol. The summed E-state index contributed by atoms with van der Waals surface area (Å²) in [5, 5.41) is 7.53. The standard InChI is InChI=1S/C16H17F3N2O2S/c1-2-23-14(22)11-8-12(13-4-3-7-24-13)20-21(9-11)10-15(5-6-15)16(17,18)19/h3-4,7-8H,2,5-6,9-10H2,1H3. The van der Waals surface area contributed by atoms with Crippen LogP contribution in [0.5, 0.6) is 0 Å². The molecule has 0 atom stereocenters. The lowest BCUT2D eigenvalue weighted by atomic mass is 10.1. The van der Waals surface area contributed by atoms with Gasteiger partial charge in [-0.25, -0.2) is 4.79 Å². The fourth-order valence-electron chi connectivity index (χ4n) is 2.64. The highest BCUT2D eigenvalue weighted by Crippen LogP contribution is 2.58. The van der Waals surface area contributed by atoms with Crippen LogP contribution in [0.4, 0.5) is 13.2 Å².